The largest absolute Gasteiger partial charge is 0.498 e. The van der Waals surface area contributed by atoms with Gasteiger partial charge in [0.25, 0.3) is 0 Å². The third-order valence-corrected chi connectivity index (χ3v) is 5.61. The average molecular weight is 248 g/mol. The van der Waals surface area contributed by atoms with Gasteiger partial charge < -0.3 is 9.47 Å². The van der Waals surface area contributed by atoms with Crippen molar-refractivity contribution < 1.29 is 9.47 Å². The van der Waals surface area contributed by atoms with E-state index in [2.05, 4.69) is 6.58 Å². The summed E-state index contributed by atoms with van der Waals surface area (Å²) in [6.07, 6.45) is 10.4. The second-order valence-electron chi connectivity index (χ2n) is 6.94. The summed E-state index contributed by atoms with van der Waals surface area (Å²) in [5.74, 6) is 4.55. The molecule has 0 aromatic rings. The van der Waals surface area contributed by atoms with Gasteiger partial charge in [-0.15, -0.1) is 0 Å². The van der Waals surface area contributed by atoms with Crippen LogP contribution in [0.1, 0.15) is 44.9 Å². The first-order valence-corrected chi connectivity index (χ1v) is 7.76. The molecule has 3 saturated carbocycles. The molecule has 1 heterocycles. The first-order valence-electron chi connectivity index (χ1n) is 7.76. The van der Waals surface area contributed by atoms with Crippen molar-refractivity contribution in [1.29, 1.82) is 0 Å². The summed E-state index contributed by atoms with van der Waals surface area (Å²) in [5, 5.41) is 0. The third-order valence-electron chi connectivity index (χ3n) is 5.61. The third kappa shape index (κ3) is 2.20. The Hall–Kier alpha value is -0.500. The van der Waals surface area contributed by atoms with Gasteiger partial charge in [0.05, 0.1) is 24.6 Å². The first kappa shape index (κ1) is 11.3. The Morgan fingerprint density at radius 2 is 1.94 bits per heavy atom. The smallest absolute Gasteiger partial charge is 0.0920 e. The Morgan fingerprint density at radius 1 is 1.00 bits per heavy atom. The number of hydrogen-bond donors (Lipinski definition) is 0. The monoisotopic (exact) mass is 248 g/mol. The van der Waals surface area contributed by atoms with E-state index in [4.69, 9.17) is 9.47 Å². The lowest BCUT2D eigenvalue weighted by Gasteiger charge is -2.26. The van der Waals surface area contributed by atoms with E-state index in [1.807, 2.05) is 0 Å². The van der Waals surface area contributed by atoms with E-state index in [-0.39, 0.29) is 0 Å². The summed E-state index contributed by atoms with van der Waals surface area (Å²) in [6, 6.07) is 0. The zero-order valence-corrected chi connectivity index (χ0v) is 11.1. The van der Waals surface area contributed by atoms with Crippen LogP contribution >= 0.6 is 0 Å². The Kier molecular flexibility index (Phi) is 2.68. The van der Waals surface area contributed by atoms with Crippen LogP contribution in [-0.4, -0.2) is 18.8 Å². The molecule has 100 valence electrons. The minimum atomic E-state index is 0.533. The van der Waals surface area contributed by atoms with Gasteiger partial charge >= 0.3 is 0 Å². The maximum atomic E-state index is 6.00. The van der Waals surface area contributed by atoms with E-state index in [1.54, 1.807) is 0 Å². The van der Waals surface area contributed by atoms with Gasteiger partial charge in [-0.1, -0.05) is 6.58 Å². The zero-order valence-electron chi connectivity index (χ0n) is 11.1. The van der Waals surface area contributed by atoms with Crippen molar-refractivity contribution in [2.75, 3.05) is 6.61 Å². The normalized spacial score (nSPS) is 48.9. The molecule has 2 nitrogen and oxygen atoms in total. The quantitative estimate of drug-likeness (QED) is 0.561. The SMILES string of the molecule is C=C(OCC1CCC2CC2C1)C1CCC2OC2C1. The van der Waals surface area contributed by atoms with Crippen LogP contribution in [0.2, 0.25) is 0 Å². The molecule has 2 heteroatoms. The molecule has 0 bridgehead atoms. The molecule has 0 aromatic heterocycles. The van der Waals surface area contributed by atoms with Crippen LogP contribution in [0.4, 0.5) is 0 Å². The first-order chi connectivity index (χ1) is 8.79. The van der Waals surface area contributed by atoms with Crippen LogP contribution in [0.15, 0.2) is 12.3 Å². The Balaban J connectivity index is 1.23. The van der Waals surface area contributed by atoms with Crippen LogP contribution in [0.5, 0.6) is 0 Å². The fourth-order valence-corrected chi connectivity index (χ4v) is 4.14. The lowest BCUT2D eigenvalue weighted by atomic mass is 9.88. The number of rotatable bonds is 4. The maximum absolute atomic E-state index is 6.00. The molecule has 4 aliphatic rings. The number of fused-ring (bicyclic) bond motifs is 2. The molecule has 18 heavy (non-hydrogen) atoms. The molecule has 0 amide bonds. The highest BCUT2D eigenvalue weighted by molar-refractivity contribution is 5.02. The summed E-state index contributed by atoms with van der Waals surface area (Å²) in [7, 11) is 0. The lowest BCUT2D eigenvalue weighted by Crippen LogP contribution is -2.20. The van der Waals surface area contributed by atoms with Gasteiger partial charge in [-0.25, -0.2) is 0 Å². The highest BCUT2D eigenvalue weighted by Crippen LogP contribution is 2.51. The van der Waals surface area contributed by atoms with E-state index >= 15 is 0 Å². The molecule has 1 saturated heterocycles. The number of ether oxygens (including phenoxy) is 2. The molecule has 4 rings (SSSR count). The van der Waals surface area contributed by atoms with Gasteiger partial charge in [-0.2, -0.15) is 0 Å². The molecular formula is C16H24O2. The van der Waals surface area contributed by atoms with Crippen molar-refractivity contribution in [1.82, 2.24) is 0 Å². The zero-order chi connectivity index (χ0) is 12.1. The molecule has 3 aliphatic carbocycles. The molecule has 0 radical (unpaired) electrons. The highest BCUT2D eigenvalue weighted by atomic mass is 16.6. The highest BCUT2D eigenvalue weighted by Gasteiger charge is 2.45. The van der Waals surface area contributed by atoms with Gasteiger partial charge in [0, 0.05) is 5.92 Å². The Labute approximate surface area is 110 Å². The van der Waals surface area contributed by atoms with Crippen LogP contribution in [-0.2, 0) is 9.47 Å². The molecule has 1 aliphatic heterocycles. The van der Waals surface area contributed by atoms with Crippen LogP contribution in [0.3, 0.4) is 0 Å². The summed E-state index contributed by atoms with van der Waals surface area (Å²) in [4.78, 5) is 0. The topological polar surface area (TPSA) is 21.8 Å². The van der Waals surface area contributed by atoms with E-state index in [0.29, 0.717) is 18.1 Å². The van der Waals surface area contributed by atoms with Gasteiger partial charge in [0.15, 0.2) is 0 Å². The minimum absolute atomic E-state index is 0.533. The predicted molar refractivity (Wildman–Crippen MR) is 70.0 cm³/mol. The maximum Gasteiger partial charge on any atom is 0.0920 e. The second-order valence-corrected chi connectivity index (χ2v) is 6.94. The fourth-order valence-electron chi connectivity index (χ4n) is 4.14. The van der Waals surface area contributed by atoms with Crippen LogP contribution in [0, 0.1) is 23.7 Å². The van der Waals surface area contributed by atoms with Crippen molar-refractivity contribution in [2.24, 2.45) is 23.7 Å². The van der Waals surface area contributed by atoms with Gasteiger partial charge in [0.2, 0.25) is 0 Å². The van der Waals surface area contributed by atoms with E-state index < -0.39 is 0 Å². The molecule has 0 spiro atoms. The minimum Gasteiger partial charge on any atom is -0.498 e. The number of epoxide rings is 1. The van der Waals surface area contributed by atoms with Gasteiger partial charge in [-0.3, -0.25) is 0 Å². The molecule has 4 fully saturated rings. The number of hydrogen-bond acceptors (Lipinski definition) is 2. The standard InChI is InChI=1S/C16H24O2/c1-10(12-4-5-15-16(8-12)18-15)17-9-11-2-3-13-7-14(13)6-11/h11-16H,1-9H2. The number of allylic oxidation sites excluding steroid dienone is 1. The van der Waals surface area contributed by atoms with E-state index in [1.165, 1.54) is 38.5 Å². The summed E-state index contributed by atoms with van der Waals surface area (Å²) in [5.41, 5.74) is 0. The summed E-state index contributed by atoms with van der Waals surface area (Å²) in [6.45, 7) is 5.09. The van der Waals surface area contributed by atoms with Crippen molar-refractivity contribution in [2.45, 2.75) is 57.2 Å². The van der Waals surface area contributed by atoms with E-state index in [0.717, 1.165) is 36.5 Å². The molecule has 0 N–H and O–H groups in total. The Morgan fingerprint density at radius 3 is 2.78 bits per heavy atom. The summed E-state index contributed by atoms with van der Waals surface area (Å²) >= 11 is 0. The van der Waals surface area contributed by atoms with Crippen LogP contribution < -0.4 is 0 Å². The average Bonchev–Trinajstić information content (AvgIpc) is 3.26. The Bertz CT molecular complexity index is 351. The second kappa shape index (κ2) is 4.26. The lowest BCUT2D eigenvalue weighted by molar-refractivity contribution is 0.112. The van der Waals surface area contributed by atoms with Gasteiger partial charge in [0.1, 0.15) is 0 Å². The van der Waals surface area contributed by atoms with Gasteiger partial charge in [-0.05, 0) is 62.7 Å². The van der Waals surface area contributed by atoms with Crippen molar-refractivity contribution in [3.8, 4) is 0 Å². The molecular weight excluding hydrogens is 224 g/mol. The molecule has 6 unspecified atom stereocenters. The van der Waals surface area contributed by atoms with E-state index in [9.17, 15) is 0 Å². The predicted octanol–water partition coefficient (Wildman–Crippen LogP) is 3.52. The van der Waals surface area contributed by atoms with Crippen molar-refractivity contribution in [3.05, 3.63) is 12.3 Å². The molecule has 0 aromatic carbocycles. The summed E-state index contributed by atoms with van der Waals surface area (Å²) < 4.78 is 11.6. The van der Waals surface area contributed by atoms with Crippen molar-refractivity contribution in [3.63, 3.8) is 0 Å². The fraction of sp³-hybridized carbons (Fsp3) is 0.875. The van der Waals surface area contributed by atoms with Crippen molar-refractivity contribution >= 4 is 0 Å². The molecule has 6 atom stereocenters. The van der Waals surface area contributed by atoms with Crippen LogP contribution in [0.25, 0.3) is 0 Å².